The van der Waals surface area contributed by atoms with Crippen LogP contribution in [0.5, 0.6) is 5.75 Å². The molecule has 0 atom stereocenters. The first-order valence-electron chi connectivity index (χ1n) is 6.23. The van der Waals surface area contributed by atoms with Crippen LogP contribution in [-0.2, 0) is 11.2 Å². The number of nitrogens with zero attached hydrogens (tertiary/aromatic N) is 1. The largest absolute Gasteiger partial charge is 0.507 e. The Hall–Kier alpha value is -2.82. The predicted molar refractivity (Wildman–Crippen MR) is 76.5 cm³/mol. The van der Waals surface area contributed by atoms with E-state index < -0.39 is 0 Å². The number of nitrogens with one attached hydrogen (secondary N) is 2. The minimum atomic E-state index is -0.134. The van der Waals surface area contributed by atoms with Gasteiger partial charge in [0.1, 0.15) is 5.75 Å². The molecule has 1 heterocycles. The molecular formula is C15H13N3O2. The van der Waals surface area contributed by atoms with Crippen molar-refractivity contribution in [2.45, 2.75) is 6.42 Å². The van der Waals surface area contributed by atoms with Crippen molar-refractivity contribution in [3.8, 4) is 5.75 Å². The third kappa shape index (κ3) is 2.33. The zero-order chi connectivity index (χ0) is 13.9. The van der Waals surface area contributed by atoms with Gasteiger partial charge in [0, 0.05) is 28.4 Å². The number of aromatic amines is 1. The maximum Gasteiger partial charge on any atom is 0.230 e. The minimum absolute atomic E-state index is 0.134. The molecule has 0 aliphatic carbocycles. The van der Waals surface area contributed by atoms with Gasteiger partial charge in [0.15, 0.2) is 0 Å². The highest BCUT2D eigenvalue weighted by molar-refractivity contribution is 6.04. The maximum absolute atomic E-state index is 12.0. The van der Waals surface area contributed by atoms with Crippen LogP contribution in [0.3, 0.4) is 0 Å². The lowest BCUT2D eigenvalue weighted by molar-refractivity contribution is -0.115. The van der Waals surface area contributed by atoms with Crippen LogP contribution in [0.2, 0.25) is 0 Å². The number of benzene rings is 2. The molecule has 0 bridgehead atoms. The molecule has 2 aromatic carbocycles. The molecule has 1 aromatic heterocycles. The Balaban J connectivity index is 1.87. The van der Waals surface area contributed by atoms with E-state index in [9.17, 15) is 9.90 Å². The molecule has 0 saturated carbocycles. The average molecular weight is 267 g/mol. The summed E-state index contributed by atoms with van der Waals surface area (Å²) >= 11 is 0. The second-order valence-electron chi connectivity index (χ2n) is 4.48. The van der Waals surface area contributed by atoms with Gasteiger partial charge in [-0.3, -0.25) is 9.89 Å². The number of H-pyrrole nitrogens is 1. The van der Waals surface area contributed by atoms with Gasteiger partial charge < -0.3 is 10.4 Å². The molecule has 1 amide bonds. The SMILES string of the molecule is O=C(Cc1ccn[nH]1)Nc1cccc2c(O)cccc12. The molecule has 0 radical (unpaired) electrons. The topological polar surface area (TPSA) is 78.0 Å². The summed E-state index contributed by atoms with van der Waals surface area (Å²) < 4.78 is 0. The van der Waals surface area contributed by atoms with Crippen molar-refractivity contribution in [3.63, 3.8) is 0 Å². The van der Waals surface area contributed by atoms with E-state index in [1.54, 1.807) is 30.5 Å². The number of phenolic OH excluding ortho intramolecular Hbond substituents is 1. The second-order valence-corrected chi connectivity index (χ2v) is 4.48. The Bertz CT molecular complexity index is 751. The molecule has 20 heavy (non-hydrogen) atoms. The highest BCUT2D eigenvalue weighted by atomic mass is 16.3. The number of phenols is 1. The normalized spacial score (nSPS) is 10.6. The van der Waals surface area contributed by atoms with E-state index in [1.165, 1.54) is 0 Å². The number of aromatic hydroxyl groups is 1. The highest BCUT2D eigenvalue weighted by Gasteiger charge is 2.08. The Kier molecular flexibility index (Phi) is 3.09. The summed E-state index contributed by atoms with van der Waals surface area (Å²) in [6, 6.07) is 12.4. The van der Waals surface area contributed by atoms with Crippen LogP contribution in [0.1, 0.15) is 5.69 Å². The quantitative estimate of drug-likeness (QED) is 0.682. The third-order valence-corrected chi connectivity index (χ3v) is 3.08. The van der Waals surface area contributed by atoms with Crippen LogP contribution >= 0.6 is 0 Å². The first-order chi connectivity index (χ1) is 9.74. The van der Waals surface area contributed by atoms with Crippen LogP contribution in [0.15, 0.2) is 48.7 Å². The Labute approximate surface area is 115 Å². The number of hydrogen-bond donors (Lipinski definition) is 3. The Morgan fingerprint density at radius 3 is 2.75 bits per heavy atom. The zero-order valence-corrected chi connectivity index (χ0v) is 10.6. The maximum atomic E-state index is 12.0. The van der Waals surface area contributed by atoms with Gasteiger partial charge in [-0.05, 0) is 18.2 Å². The number of rotatable bonds is 3. The van der Waals surface area contributed by atoms with E-state index in [2.05, 4.69) is 15.5 Å². The van der Waals surface area contributed by atoms with E-state index >= 15 is 0 Å². The van der Waals surface area contributed by atoms with Crippen molar-refractivity contribution >= 4 is 22.4 Å². The number of carbonyl (C=O) groups is 1. The van der Waals surface area contributed by atoms with Crippen molar-refractivity contribution in [1.82, 2.24) is 10.2 Å². The van der Waals surface area contributed by atoms with Crippen LogP contribution in [0, 0.1) is 0 Å². The van der Waals surface area contributed by atoms with Crippen LogP contribution < -0.4 is 5.32 Å². The van der Waals surface area contributed by atoms with Crippen molar-refractivity contribution < 1.29 is 9.90 Å². The number of fused-ring (bicyclic) bond motifs is 1. The predicted octanol–water partition coefficient (Wildman–Crippen LogP) is 2.45. The minimum Gasteiger partial charge on any atom is -0.507 e. The molecule has 0 aliphatic heterocycles. The molecule has 0 spiro atoms. The fourth-order valence-corrected chi connectivity index (χ4v) is 2.15. The number of anilines is 1. The molecule has 100 valence electrons. The summed E-state index contributed by atoms with van der Waals surface area (Å²) in [5.74, 6) is 0.0669. The van der Waals surface area contributed by atoms with E-state index in [4.69, 9.17) is 0 Å². The zero-order valence-electron chi connectivity index (χ0n) is 10.6. The summed E-state index contributed by atoms with van der Waals surface area (Å²) in [6.07, 6.45) is 1.84. The highest BCUT2D eigenvalue weighted by Crippen LogP contribution is 2.29. The average Bonchev–Trinajstić information content (AvgIpc) is 2.93. The lowest BCUT2D eigenvalue weighted by atomic mass is 10.1. The molecule has 0 saturated heterocycles. The van der Waals surface area contributed by atoms with Crippen molar-refractivity contribution in [3.05, 3.63) is 54.4 Å². The van der Waals surface area contributed by atoms with Gasteiger partial charge in [0.25, 0.3) is 0 Å². The van der Waals surface area contributed by atoms with E-state index in [0.29, 0.717) is 11.1 Å². The monoisotopic (exact) mass is 267 g/mol. The molecule has 3 N–H and O–H groups in total. The summed E-state index contributed by atoms with van der Waals surface area (Å²) in [6.45, 7) is 0. The van der Waals surface area contributed by atoms with Gasteiger partial charge in [-0.1, -0.05) is 24.3 Å². The van der Waals surface area contributed by atoms with Gasteiger partial charge in [-0.15, -0.1) is 0 Å². The molecule has 0 unspecified atom stereocenters. The summed E-state index contributed by atoms with van der Waals surface area (Å²) in [5, 5.41) is 20.7. The molecule has 5 nitrogen and oxygen atoms in total. The van der Waals surface area contributed by atoms with E-state index in [0.717, 1.165) is 11.1 Å². The van der Waals surface area contributed by atoms with Gasteiger partial charge in [-0.2, -0.15) is 5.10 Å². The molecule has 0 fully saturated rings. The van der Waals surface area contributed by atoms with Crippen LogP contribution in [0.25, 0.3) is 10.8 Å². The first kappa shape index (κ1) is 12.2. The van der Waals surface area contributed by atoms with Crippen LogP contribution in [-0.4, -0.2) is 21.2 Å². The van der Waals surface area contributed by atoms with Gasteiger partial charge in [-0.25, -0.2) is 0 Å². The number of hydrogen-bond acceptors (Lipinski definition) is 3. The van der Waals surface area contributed by atoms with Gasteiger partial charge >= 0.3 is 0 Å². The molecule has 3 rings (SSSR count). The molecule has 5 heteroatoms. The lowest BCUT2D eigenvalue weighted by Crippen LogP contribution is -2.14. The van der Waals surface area contributed by atoms with Gasteiger partial charge in [0.05, 0.1) is 6.42 Å². The Morgan fingerprint density at radius 2 is 1.95 bits per heavy atom. The summed E-state index contributed by atoms with van der Waals surface area (Å²) in [4.78, 5) is 12.0. The second kappa shape index (κ2) is 5.05. The summed E-state index contributed by atoms with van der Waals surface area (Å²) in [5.41, 5.74) is 1.44. The van der Waals surface area contributed by atoms with Gasteiger partial charge in [0.2, 0.25) is 5.91 Å². The smallest absolute Gasteiger partial charge is 0.230 e. The van der Waals surface area contributed by atoms with E-state index in [-0.39, 0.29) is 18.1 Å². The van der Waals surface area contributed by atoms with E-state index in [1.807, 2.05) is 18.2 Å². The fourth-order valence-electron chi connectivity index (χ4n) is 2.15. The number of aromatic nitrogens is 2. The number of carbonyl (C=O) groups excluding carboxylic acids is 1. The lowest BCUT2D eigenvalue weighted by Gasteiger charge is -2.09. The number of amides is 1. The summed E-state index contributed by atoms with van der Waals surface area (Å²) in [7, 11) is 0. The van der Waals surface area contributed by atoms with Crippen molar-refractivity contribution in [2.75, 3.05) is 5.32 Å². The molecular weight excluding hydrogens is 254 g/mol. The third-order valence-electron chi connectivity index (χ3n) is 3.08. The van der Waals surface area contributed by atoms with Crippen molar-refractivity contribution in [1.29, 1.82) is 0 Å². The molecule has 0 aliphatic rings. The van der Waals surface area contributed by atoms with Crippen LogP contribution in [0.4, 0.5) is 5.69 Å². The Morgan fingerprint density at radius 1 is 1.15 bits per heavy atom. The first-order valence-corrected chi connectivity index (χ1v) is 6.23. The van der Waals surface area contributed by atoms with Crippen molar-refractivity contribution in [2.24, 2.45) is 0 Å². The fraction of sp³-hybridized carbons (Fsp3) is 0.0667. The standard InChI is InChI=1S/C15H13N3O2/c19-14-6-2-3-11-12(14)4-1-5-13(11)17-15(20)9-10-7-8-16-18-10/h1-8,19H,9H2,(H,16,18)(H,17,20). The molecule has 3 aromatic rings.